The lowest BCUT2D eigenvalue weighted by molar-refractivity contribution is 0.0161. The SMILES string of the molecule is O=C(NC[C@@H](c1cccnc1)N1CCOCC1)c1ccc(N2CCOCC2)cc1. The molecule has 7 heteroatoms. The molecular formula is C22H28N4O3. The number of aromatic nitrogens is 1. The molecule has 154 valence electrons. The molecule has 3 heterocycles. The van der Waals surface area contributed by atoms with Gasteiger partial charge in [-0.05, 0) is 35.9 Å². The Labute approximate surface area is 171 Å². The Morgan fingerprint density at radius 1 is 1.00 bits per heavy atom. The number of nitrogens with zero attached hydrogens (tertiary/aromatic N) is 3. The number of hydrogen-bond donors (Lipinski definition) is 1. The Kier molecular flexibility index (Phi) is 6.71. The molecule has 1 aromatic heterocycles. The van der Waals surface area contributed by atoms with E-state index in [4.69, 9.17) is 9.47 Å². The van der Waals surface area contributed by atoms with E-state index in [9.17, 15) is 4.79 Å². The number of carbonyl (C=O) groups is 1. The molecule has 2 saturated heterocycles. The van der Waals surface area contributed by atoms with E-state index in [1.165, 1.54) is 0 Å². The zero-order chi connectivity index (χ0) is 19.9. The van der Waals surface area contributed by atoms with Crippen molar-refractivity contribution < 1.29 is 14.3 Å². The highest BCUT2D eigenvalue weighted by molar-refractivity contribution is 5.94. The molecule has 0 aliphatic carbocycles. The van der Waals surface area contributed by atoms with Gasteiger partial charge in [0.2, 0.25) is 0 Å². The molecule has 2 fully saturated rings. The first-order valence-corrected chi connectivity index (χ1v) is 10.2. The van der Waals surface area contributed by atoms with Crippen LogP contribution in [0, 0.1) is 0 Å². The number of amides is 1. The van der Waals surface area contributed by atoms with E-state index >= 15 is 0 Å². The third kappa shape index (κ3) is 5.12. The van der Waals surface area contributed by atoms with Crippen molar-refractivity contribution in [3.8, 4) is 0 Å². The fraction of sp³-hybridized carbons (Fsp3) is 0.455. The molecule has 0 unspecified atom stereocenters. The van der Waals surface area contributed by atoms with Crippen molar-refractivity contribution >= 4 is 11.6 Å². The normalized spacial score (nSPS) is 19.0. The average Bonchev–Trinajstić information content (AvgIpc) is 2.81. The number of hydrogen-bond acceptors (Lipinski definition) is 6. The van der Waals surface area contributed by atoms with E-state index in [0.717, 1.165) is 50.6 Å². The van der Waals surface area contributed by atoms with Crippen LogP contribution < -0.4 is 10.2 Å². The van der Waals surface area contributed by atoms with Crippen LogP contribution >= 0.6 is 0 Å². The van der Waals surface area contributed by atoms with Crippen LogP contribution in [0.15, 0.2) is 48.8 Å². The highest BCUT2D eigenvalue weighted by atomic mass is 16.5. The lowest BCUT2D eigenvalue weighted by atomic mass is 10.1. The fourth-order valence-corrected chi connectivity index (χ4v) is 3.86. The monoisotopic (exact) mass is 396 g/mol. The molecular weight excluding hydrogens is 368 g/mol. The lowest BCUT2D eigenvalue weighted by Gasteiger charge is -2.34. The van der Waals surface area contributed by atoms with Gasteiger partial charge in [0, 0.05) is 56.4 Å². The maximum absolute atomic E-state index is 12.7. The second-order valence-electron chi connectivity index (χ2n) is 7.31. The quantitative estimate of drug-likeness (QED) is 0.802. The van der Waals surface area contributed by atoms with Gasteiger partial charge < -0.3 is 19.7 Å². The van der Waals surface area contributed by atoms with E-state index in [2.05, 4.69) is 26.2 Å². The molecule has 1 amide bonds. The third-order valence-electron chi connectivity index (χ3n) is 5.52. The average molecular weight is 396 g/mol. The van der Waals surface area contributed by atoms with Gasteiger partial charge >= 0.3 is 0 Å². The van der Waals surface area contributed by atoms with E-state index in [-0.39, 0.29) is 11.9 Å². The van der Waals surface area contributed by atoms with Crippen molar-refractivity contribution in [2.24, 2.45) is 0 Å². The molecule has 1 aromatic carbocycles. The van der Waals surface area contributed by atoms with Gasteiger partial charge in [0.05, 0.1) is 32.5 Å². The number of pyridine rings is 1. The minimum atomic E-state index is -0.0549. The molecule has 2 aliphatic heterocycles. The summed E-state index contributed by atoms with van der Waals surface area (Å²) in [6.45, 7) is 6.94. The number of anilines is 1. The number of nitrogens with one attached hydrogen (secondary N) is 1. The largest absolute Gasteiger partial charge is 0.379 e. The fourth-order valence-electron chi connectivity index (χ4n) is 3.86. The predicted molar refractivity (Wildman–Crippen MR) is 111 cm³/mol. The number of carbonyl (C=O) groups excluding carboxylic acids is 1. The standard InChI is InChI=1S/C22H28N4O3/c27-22(18-3-5-20(6-4-18)25-8-12-28-13-9-25)24-17-21(19-2-1-7-23-16-19)26-10-14-29-15-11-26/h1-7,16,21H,8-15,17H2,(H,24,27)/t21-/m0/s1. The van der Waals surface area contributed by atoms with Crippen molar-refractivity contribution in [1.29, 1.82) is 0 Å². The molecule has 0 spiro atoms. The van der Waals surface area contributed by atoms with Gasteiger partial charge in [-0.1, -0.05) is 6.07 Å². The van der Waals surface area contributed by atoms with Crippen LogP contribution in [-0.4, -0.2) is 74.9 Å². The van der Waals surface area contributed by atoms with E-state index in [1.54, 1.807) is 6.20 Å². The minimum Gasteiger partial charge on any atom is -0.379 e. The third-order valence-corrected chi connectivity index (χ3v) is 5.52. The smallest absolute Gasteiger partial charge is 0.251 e. The van der Waals surface area contributed by atoms with Gasteiger partial charge in [0.15, 0.2) is 0 Å². The number of morpholine rings is 2. The molecule has 2 aliphatic rings. The van der Waals surface area contributed by atoms with Gasteiger partial charge in [-0.2, -0.15) is 0 Å². The summed E-state index contributed by atoms with van der Waals surface area (Å²) in [6, 6.07) is 11.9. The Morgan fingerprint density at radius 2 is 1.69 bits per heavy atom. The molecule has 0 saturated carbocycles. The Bertz CT molecular complexity index is 772. The number of rotatable bonds is 6. The second-order valence-corrected chi connectivity index (χ2v) is 7.31. The molecule has 7 nitrogen and oxygen atoms in total. The van der Waals surface area contributed by atoms with E-state index in [1.807, 2.05) is 36.5 Å². The maximum atomic E-state index is 12.7. The van der Waals surface area contributed by atoms with Gasteiger partial charge in [0.1, 0.15) is 0 Å². The van der Waals surface area contributed by atoms with Crippen LogP contribution in [0.4, 0.5) is 5.69 Å². The lowest BCUT2D eigenvalue weighted by Crippen LogP contribution is -2.43. The first kappa shape index (κ1) is 19.8. The van der Waals surface area contributed by atoms with Crippen LogP contribution in [-0.2, 0) is 9.47 Å². The molecule has 1 N–H and O–H groups in total. The summed E-state index contributed by atoms with van der Waals surface area (Å²) >= 11 is 0. The van der Waals surface area contributed by atoms with Crippen molar-refractivity contribution in [2.45, 2.75) is 6.04 Å². The zero-order valence-electron chi connectivity index (χ0n) is 16.6. The summed E-state index contributed by atoms with van der Waals surface area (Å²) in [4.78, 5) is 21.6. The maximum Gasteiger partial charge on any atom is 0.251 e. The molecule has 1 atom stereocenters. The van der Waals surface area contributed by atoms with Crippen molar-refractivity contribution in [1.82, 2.24) is 15.2 Å². The van der Waals surface area contributed by atoms with Crippen LogP contribution in [0.2, 0.25) is 0 Å². The molecule has 29 heavy (non-hydrogen) atoms. The first-order chi connectivity index (χ1) is 14.3. The molecule has 0 radical (unpaired) electrons. The van der Waals surface area contributed by atoms with E-state index < -0.39 is 0 Å². The Morgan fingerprint density at radius 3 is 2.34 bits per heavy atom. The van der Waals surface area contributed by atoms with Gasteiger partial charge in [-0.15, -0.1) is 0 Å². The van der Waals surface area contributed by atoms with Crippen LogP contribution in [0.1, 0.15) is 22.0 Å². The summed E-state index contributed by atoms with van der Waals surface area (Å²) in [5.41, 5.74) is 2.91. The zero-order valence-corrected chi connectivity index (χ0v) is 16.6. The predicted octanol–water partition coefficient (Wildman–Crippen LogP) is 1.72. The first-order valence-electron chi connectivity index (χ1n) is 10.2. The van der Waals surface area contributed by atoms with Crippen LogP contribution in [0.5, 0.6) is 0 Å². The van der Waals surface area contributed by atoms with Gasteiger partial charge in [-0.25, -0.2) is 0 Å². The van der Waals surface area contributed by atoms with Crippen molar-refractivity contribution in [3.63, 3.8) is 0 Å². The molecule has 0 bridgehead atoms. The Balaban J connectivity index is 1.39. The number of ether oxygens (including phenoxy) is 2. The summed E-state index contributed by atoms with van der Waals surface area (Å²) in [6.07, 6.45) is 3.65. The summed E-state index contributed by atoms with van der Waals surface area (Å²) in [7, 11) is 0. The molecule has 2 aromatic rings. The summed E-state index contributed by atoms with van der Waals surface area (Å²) in [5.74, 6) is -0.0549. The molecule has 4 rings (SSSR count). The summed E-state index contributed by atoms with van der Waals surface area (Å²) in [5, 5.41) is 3.11. The topological polar surface area (TPSA) is 66.9 Å². The second kappa shape index (κ2) is 9.82. The van der Waals surface area contributed by atoms with Crippen molar-refractivity contribution in [3.05, 3.63) is 59.9 Å². The van der Waals surface area contributed by atoms with Gasteiger partial charge in [0.25, 0.3) is 5.91 Å². The van der Waals surface area contributed by atoms with Crippen LogP contribution in [0.25, 0.3) is 0 Å². The van der Waals surface area contributed by atoms with Gasteiger partial charge in [-0.3, -0.25) is 14.7 Å². The Hall–Kier alpha value is -2.48. The van der Waals surface area contributed by atoms with E-state index in [0.29, 0.717) is 25.3 Å². The summed E-state index contributed by atoms with van der Waals surface area (Å²) < 4.78 is 10.9. The number of benzene rings is 1. The van der Waals surface area contributed by atoms with Crippen LogP contribution in [0.3, 0.4) is 0 Å². The van der Waals surface area contributed by atoms with Crippen molar-refractivity contribution in [2.75, 3.05) is 64.1 Å². The highest BCUT2D eigenvalue weighted by Crippen LogP contribution is 2.21. The highest BCUT2D eigenvalue weighted by Gasteiger charge is 2.23. The minimum absolute atomic E-state index is 0.0549.